The Hall–Kier alpha value is -2.14. The van der Waals surface area contributed by atoms with Crippen molar-refractivity contribution in [2.75, 3.05) is 5.32 Å². The van der Waals surface area contributed by atoms with E-state index in [4.69, 9.17) is 5.73 Å². The number of carbonyl (C=O) groups is 1. The van der Waals surface area contributed by atoms with Crippen molar-refractivity contribution in [3.63, 3.8) is 0 Å². The van der Waals surface area contributed by atoms with Gasteiger partial charge in [-0.1, -0.05) is 37.3 Å². The van der Waals surface area contributed by atoms with E-state index in [1.807, 2.05) is 57.3 Å². The molecule has 1 aromatic carbocycles. The summed E-state index contributed by atoms with van der Waals surface area (Å²) >= 11 is 0. The first-order valence-electron chi connectivity index (χ1n) is 6.61. The Balaban J connectivity index is 2.05. The molecule has 0 aliphatic carbocycles. The van der Waals surface area contributed by atoms with Gasteiger partial charge in [-0.15, -0.1) is 0 Å². The molecule has 2 aromatic rings. The summed E-state index contributed by atoms with van der Waals surface area (Å²) in [6, 6.07) is 11.1. The molecule has 0 saturated carbocycles. The molecule has 1 amide bonds. The highest BCUT2D eigenvalue weighted by atomic mass is 16.2. The molecule has 0 spiro atoms. The maximum absolute atomic E-state index is 12.2. The fourth-order valence-corrected chi connectivity index (χ4v) is 1.99. The fourth-order valence-electron chi connectivity index (χ4n) is 1.99. The lowest BCUT2D eigenvalue weighted by Crippen LogP contribution is -2.30. The van der Waals surface area contributed by atoms with Crippen LogP contribution in [0.4, 0.5) is 5.82 Å². The first kappa shape index (κ1) is 14.3. The summed E-state index contributed by atoms with van der Waals surface area (Å²) in [7, 11) is 1.84. The van der Waals surface area contributed by atoms with Gasteiger partial charge in [-0.3, -0.25) is 9.48 Å². The third-order valence-corrected chi connectivity index (χ3v) is 3.50. The van der Waals surface area contributed by atoms with E-state index in [9.17, 15) is 4.79 Å². The average molecular weight is 272 g/mol. The highest BCUT2D eigenvalue weighted by molar-refractivity contribution is 5.92. The number of carbonyl (C=O) groups excluding carboxylic acids is 1. The topological polar surface area (TPSA) is 72.9 Å². The van der Waals surface area contributed by atoms with Crippen molar-refractivity contribution < 1.29 is 4.79 Å². The van der Waals surface area contributed by atoms with Gasteiger partial charge in [0.05, 0.1) is 5.92 Å². The van der Waals surface area contributed by atoms with Crippen molar-refractivity contribution in [1.29, 1.82) is 0 Å². The number of aryl methyl sites for hydroxylation is 2. The molecule has 2 unspecified atom stereocenters. The van der Waals surface area contributed by atoms with Gasteiger partial charge >= 0.3 is 0 Å². The van der Waals surface area contributed by atoms with E-state index in [1.165, 1.54) is 0 Å². The number of aromatic nitrogens is 2. The minimum atomic E-state index is -0.334. The van der Waals surface area contributed by atoms with E-state index in [1.54, 1.807) is 4.68 Å². The molecular formula is C15H20N4O. The molecule has 0 fully saturated rings. The summed E-state index contributed by atoms with van der Waals surface area (Å²) in [6.45, 7) is 3.75. The molecule has 0 aliphatic heterocycles. The van der Waals surface area contributed by atoms with E-state index in [0.29, 0.717) is 5.82 Å². The van der Waals surface area contributed by atoms with Crippen LogP contribution < -0.4 is 11.1 Å². The Morgan fingerprint density at radius 1 is 1.35 bits per heavy atom. The molecule has 0 aliphatic rings. The predicted octanol–water partition coefficient (Wildman–Crippen LogP) is 2.00. The van der Waals surface area contributed by atoms with E-state index in [2.05, 4.69) is 10.4 Å². The number of nitrogens with one attached hydrogen (secondary N) is 1. The molecule has 0 saturated heterocycles. The summed E-state index contributed by atoms with van der Waals surface area (Å²) in [5.74, 6) is 0.0984. The molecule has 2 rings (SSSR count). The zero-order chi connectivity index (χ0) is 14.7. The second kappa shape index (κ2) is 5.88. The minimum Gasteiger partial charge on any atom is -0.323 e. The van der Waals surface area contributed by atoms with E-state index in [-0.39, 0.29) is 17.9 Å². The Morgan fingerprint density at radius 2 is 2.00 bits per heavy atom. The van der Waals surface area contributed by atoms with Gasteiger partial charge in [0.25, 0.3) is 0 Å². The number of nitrogens with zero attached hydrogens (tertiary/aromatic N) is 2. The summed E-state index contributed by atoms with van der Waals surface area (Å²) in [6.07, 6.45) is 0. The smallest absolute Gasteiger partial charge is 0.230 e. The van der Waals surface area contributed by atoms with Gasteiger partial charge in [0, 0.05) is 24.8 Å². The molecule has 20 heavy (non-hydrogen) atoms. The van der Waals surface area contributed by atoms with Gasteiger partial charge in [0.15, 0.2) is 5.82 Å². The highest BCUT2D eigenvalue weighted by Gasteiger charge is 2.22. The van der Waals surface area contributed by atoms with Crippen LogP contribution in [0.15, 0.2) is 36.4 Å². The van der Waals surface area contributed by atoms with Crippen LogP contribution in [0.2, 0.25) is 0 Å². The molecule has 106 valence electrons. The maximum Gasteiger partial charge on any atom is 0.230 e. The van der Waals surface area contributed by atoms with Crippen LogP contribution in [0.3, 0.4) is 0 Å². The van der Waals surface area contributed by atoms with Crippen molar-refractivity contribution in [3.05, 3.63) is 47.7 Å². The minimum absolute atomic E-state index is 0.126. The monoisotopic (exact) mass is 272 g/mol. The van der Waals surface area contributed by atoms with Crippen molar-refractivity contribution in [3.8, 4) is 0 Å². The maximum atomic E-state index is 12.2. The number of hydrogen-bond donors (Lipinski definition) is 2. The van der Waals surface area contributed by atoms with Gasteiger partial charge in [-0.2, -0.15) is 5.10 Å². The van der Waals surface area contributed by atoms with Gasteiger partial charge < -0.3 is 11.1 Å². The lowest BCUT2D eigenvalue weighted by atomic mass is 9.95. The van der Waals surface area contributed by atoms with Gasteiger partial charge in [0.1, 0.15) is 0 Å². The number of hydrogen-bond acceptors (Lipinski definition) is 3. The molecule has 5 heteroatoms. The number of amides is 1. The second-order valence-corrected chi connectivity index (χ2v) is 5.01. The average Bonchev–Trinajstić information content (AvgIpc) is 2.76. The third kappa shape index (κ3) is 3.05. The fraction of sp³-hybridized carbons (Fsp3) is 0.333. The first-order chi connectivity index (χ1) is 9.49. The number of nitrogens with two attached hydrogens (primary N) is 1. The Labute approximate surface area is 118 Å². The van der Waals surface area contributed by atoms with Gasteiger partial charge in [0.2, 0.25) is 5.91 Å². The van der Waals surface area contributed by atoms with Crippen LogP contribution in [0.5, 0.6) is 0 Å². The molecule has 0 bridgehead atoms. The van der Waals surface area contributed by atoms with E-state index < -0.39 is 0 Å². The third-order valence-electron chi connectivity index (χ3n) is 3.50. The van der Waals surface area contributed by atoms with Crippen LogP contribution in [0.1, 0.15) is 24.2 Å². The molecular weight excluding hydrogens is 252 g/mol. The normalized spacial score (nSPS) is 13.8. The number of anilines is 1. The number of rotatable bonds is 4. The van der Waals surface area contributed by atoms with Crippen LogP contribution in [-0.2, 0) is 11.8 Å². The molecule has 1 heterocycles. The Kier molecular flexibility index (Phi) is 4.20. The summed E-state index contributed by atoms with van der Waals surface area (Å²) in [5, 5.41) is 7.01. The summed E-state index contributed by atoms with van der Waals surface area (Å²) in [4.78, 5) is 12.2. The Morgan fingerprint density at radius 3 is 2.55 bits per heavy atom. The van der Waals surface area contributed by atoms with Crippen molar-refractivity contribution in [2.24, 2.45) is 18.7 Å². The van der Waals surface area contributed by atoms with Crippen molar-refractivity contribution >= 4 is 11.7 Å². The van der Waals surface area contributed by atoms with E-state index in [0.717, 1.165) is 11.3 Å². The van der Waals surface area contributed by atoms with Crippen LogP contribution in [0.25, 0.3) is 0 Å². The first-order valence-corrected chi connectivity index (χ1v) is 6.61. The molecule has 1 aromatic heterocycles. The van der Waals surface area contributed by atoms with E-state index >= 15 is 0 Å². The summed E-state index contributed by atoms with van der Waals surface area (Å²) in [5.41, 5.74) is 8.08. The quantitative estimate of drug-likeness (QED) is 0.894. The highest BCUT2D eigenvalue weighted by Crippen LogP contribution is 2.20. The second-order valence-electron chi connectivity index (χ2n) is 5.01. The van der Waals surface area contributed by atoms with Crippen molar-refractivity contribution in [2.45, 2.75) is 19.9 Å². The van der Waals surface area contributed by atoms with Crippen LogP contribution in [-0.4, -0.2) is 15.7 Å². The largest absolute Gasteiger partial charge is 0.323 e. The summed E-state index contributed by atoms with van der Waals surface area (Å²) < 4.78 is 1.72. The SMILES string of the molecule is Cc1cc(NC(=O)C(C)C(N)c2ccccc2)nn1C. The molecule has 0 radical (unpaired) electrons. The standard InChI is InChI=1S/C15H20N4O/c1-10-9-13(18-19(10)3)17-15(20)11(2)14(16)12-7-5-4-6-8-12/h4-9,11,14H,16H2,1-3H3,(H,17,18,20). The number of benzene rings is 1. The van der Waals surface area contributed by atoms with Crippen molar-refractivity contribution in [1.82, 2.24) is 9.78 Å². The van der Waals surface area contributed by atoms with Crippen LogP contribution in [0, 0.1) is 12.8 Å². The molecule has 2 atom stereocenters. The lowest BCUT2D eigenvalue weighted by molar-refractivity contribution is -0.120. The van der Waals surface area contributed by atoms with Gasteiger partial charge in [-0.25, -0.2) is 0 Å². The van der Waals surface area contributed by atoms with Gasteiger partial charge in [-0.05, 0) is 12.5 Å². The molecule has 5 nitrogen and oxygen atoms in total. The zero-order valence-electron chi connectivity index (χ0n) is 12.0. The lowest BCUT2D eigenvalue weighted by Gasteiger charge is -2.19. The zero-order valence-corrected chi connectivity index (χ0v) is 12.0. The molecule has 3 N–H and O–H groups in total. The Bertz CT molecular complexity index is 572. The predicted molar refractivity (Wildman–Crippen MR) is 79.1 cm³/mol. The van der Waals surface area contributed by atoms with Crippen LogP contribution >= 0.6 is 0 Å².